The Balaban J connectivity index is 2.12. The van der Waals surface area contributed by atoms with Crippen LogP contribution in [0.3, 0.4) is 0 Å². The number of halogens is 1. The molecule has 0 saturated carbocycles. The lowest BCUT2D eigenvalue weighted by atomic mass is 10.0. The molecule has 2 aromatic rings. The van der Waals surface area contributed by atoms with Gasteiger partial charge in [0.25, 0.3) is 0 Å². The lowest BCUT2D eigenvalue weighted by Gasteiger charge is -2.15. The molecule has 0 aliphatic heterocycles. The van der Waals surface area contributed by atoms with E-state index < -0.39 is 0 Å². The van der Waals surface area contributed by atoms with E-state index >= 15 is 0 Å². The van der Waals surface area contributed by atoms with Gasteiger partial charge in [0, 0.05) is 17.3 Å². The molecule has 0 spiro atoms. The molecule has 0 fully saturated rings. The third-order valence-electron chi connectivity index (χ3n) is 2.58. The van der Waals surface area contributed by atoms with E-state index in [2.05, 4.69) is 63.7 Å². The van der Waals surface area contributed by atoms with Gasteiger partial charge in [-0.05, 0) is 40.7 Å². The van der Waals surface area contributed by atoms with E-state index in [1.807, 2.05) is 7.05 Å². The van der Waals surface area contributed by atoms with Gasteiger partial charge in [-0.25, -0.2) is 0 Å². The minimum absolute atomic E-state index is 0.395. The summed E-state index contributed by atoms with van der Waals surface area (Å²) in [6.45, 7) is 0. The predicted octanol–water partition coefficient (Wildman–Crippen LogP) is 4.01. The van der Waals surface area contributed by atoms with E-state index in [0.717, 1.165) is 6.42 Å². The van der Waals surface area contributed by atoms with Crippen LogP contribution in [0.2, 0.25) is 0 Å². The molecule has 0 aliphatic rings. The fraction of sp³-hybridized carbons (Fsp3) is 0.231. The van der Waals surface area contributed by atoms with Gasteiger partial charge in [0.2, 0.25) is 0 Å². The van der Waals surface area contributed by atoms with Crippen LogP contribution in [0.1, 0.15) is 16.5 Å². The SMILES string of the molecule is CNC(Cc1ccc(Br)s1)c1ccccc1. The van der Waals surface area contributed by atoms with Crippen LogP contribution in [0.25, 0.3) is 0 Å². The molecule has 0 bridgehead atoms. The molecule has 1 N–H and O–H groups in total. The third kappa shape index (κ3) is 2.94. The zero-order chi connectivity index (χ0) is 11.4. The molecular formula is C13H14BrNS. The fourth-order valence-electron chi connectivity index (χ4n) is 1.73. The number of rotatable bonds is 4. The quantitative estimate of drug-likeness (QED) is 0.898. The van der Waals surface area contributed by atoms with Gasteiger partial charge in [0.05, 0.1) is 3.79 Å². The van der Waals surface area contributed by atoms with Crippen molar-refractivity contribution in [3.8, 4) is 0 Å². The first-order valence-corrected chi connectivity index (χ1v) is 6.87. The van der Waals surface area contributed by atoms with Crippen LogP contribution >= 0.6 is 27.3 Å². The van der Waals surface area contributed by atoms with Crippen molar-refractivity contribution in [1.82, 2.24) is 5.32 Å². The summed E-state index contributed by atoms with van der Waals surface area (Å²) in [7, 11) is 2.01. The Kier molecular flexibility index (Phi) is 4.16. The summed E-state index contributed by atoms with van der Waals surface area (Å²) in [5, 5.41) is 3.37. The number of likely N-dealkylation sites (N-methyl/N-ethyl adjacent to an activating group) is 1. The molecule has 1 aromatic carbocycles. The number of hydrogen-bond donors (Lipinski definition) is 1. The monoisotopic (exact) mass is 295 g/mol. The molecule has 84 valence electrons. The van der Waals surface area contributed by atoms with Crippen molar-refractivity contribution in [3.63, 3.8) is 0 Å². The lowest BCUT2D eigenvalue weighted by Crippen LogP contribution is -2.18. The van der Waals surface area contributed by atoms with Gasteiger partial charge < -0.3 is 5.32 Å². The highest BCUT2D eigenvalue weighted by Gasteiger charge is 2.10. The van der Waals surface area contributed by atoms with Crippen molar-refractivity contribution < 1.29 is 0 Å². The van der Waals surface area contributed by atoms with E-state index in [4.69, 9.17) is 0 Å². The highest BCUT2D eigenvalue weighted by atomic mass is 79.9. The Hall–Kier alpha value is -0.640. The van der Waals surface area contributed by atoms with Crippen LogP contribution in [0.15, 0.2) is 46.3 Å². The van der Waals surface area contributed by atoms with Gasteiger partial charge in [0.15, 0.2) is 0 Å². The largest absolute Gasteiger partial charge is 0.313 e. The maximum Gasteiger partial charge on any atom is 0.0701 e. The summed E-state index contributed by atoms with van der Waals surface area (Å²) in [5.74, 6) is 0. The summed E-state index contributed by atoms with van der Waals surface area (Å²) in [4.78, 5) is 1.40. The summed E-state index contributed by atoms with van der Waals surface area (Å²) in [6, 6.07) is 15.3. The van der Waals surface area contributed by atoms with Crippen molar-refractivity contribution in [3.05, 3.63) is 56.7 Å². The Morgan fingerprint density at radius 2 is 1.94 bits per heavy atom. The normalized spacial score (nSPS) is 12.6. The maximum atomic E-state index is 3.50. The van der Waals surface area contributed by atoms with Crippen LogP contribution in [0.5, 0.6) is 0 Å². The fourth-order valence-corrected chi connectivity index (χ4v) is 3.26. The molecule has 2 rings (SSSR count). The second kappa shape index (κ2) is 5.62. The van der Waals surface area contributed by atoms with Crippen molar-refractivity contribution in [2.45, 2.75) is 12.5 Å². The maximum absolute atomic E-state index is 3.50. The van der Waals surface area contributed by atoms with E-state index in [-0.39, 0.29) is 0 Å². The number of nitrogens with one attached hydrogen (secondary N) is 1. The average Bonchev–Trinajstić information content (AvgIpc) is 2.73. The van der Waals surface area contributed by atoms with E-state index in [9.17, 15) is 0 Å². The predicted molar refractivity (Wildman–Crippen MR) is 74.0 cm³/mol. The van der Waals surface area contributed by atoms with Crippen molar-refractivity contribution in [1.29, 1.82) is 0 Å². The topological polar surface area (TPSA) is 12.0 Å². The number of benzene rings is 1. The van der Waals surface area contributed by atoms with Crippen LogP contribution in [0, 0.1) is 0 Å². The summed E-state index contributed by atoms with van der Waals surface area (Å²) in [6.07, 6.45) is 1.04. The molecule has 1 aromatic heterocycles. The van der Waals surface area contributed by atoms with Crippen LogP contribution < -0.4 is 5.32 Å². The lowest BCUT2D eigenvalue weighted by molar-refractivity contribution is 0.596. The molecule has 0 amide bonds. The molecule has 3 heteroatoms. The Morgan fingerprint density at radius 3 is 2.50 bits per heavy atom. The van der Waals surface area contributed by atoms with E-state index in [1.165, 1.54) is 14.2 Å². The Labute approximate surface area is 109 Å². The molecule has 1 unspecified atom stereocenters. The molecule has 1 nitrogen and oxygen atoms in total. The molecule has 0 saturated heterocycles. The van der Waals surface area contributed by atoms with Crippen LogP contribution in [0.4, 0.5) is 0 Å². The zero-order valence-corrected chi connectivity index (χ0v) is 11.5. The third-order valence-corrected chi connectivity index (χ3v) is 4.23. The first-order valence-electron chi connectivity index (χ1n) is 5.26. The highest BCUT2D eigenvalue weighted by molar-refractivity contribution is 9.11. The smallest absolute Gasteiger partial charge is 0.0701 e. The van der Waals surface area contributed by atoms with Crippen LogP contribution in [-0.4, -0.2) is 7.05 Å². The summed E-state index contributed by atoms with van der Waals surface area (Å²) >= 11 is 5.30. The number of thiophene rings is 1. The molecular weight excluding hydrogens is 282 g/mol. The first kappa shape index (κ1) is 11.8. The standard InChI is InChI=1S/C13H14BrNS/c1-15-12(10-5-3-2-4-6-10)9-11-7-8-13(14)16-11/h2-8,12,15H,9H2,1H3. The number of hydrogen-bond acceptors (Lipinski definition) is 2. The van der Waals surface area contributed by atoms with E-state index in [1.54, 1.807) is 11.3 Å². The first-order chi connectivity index (χ1) is 7.79. The second-order valence-corrected chi connectivity index (χ2v) is 6.21. The van der Waals surface area contributed by atoms with Crippen molar-refractivity contribution in [2.75, 3.05) is 7.05 Å². The molecule has 1 heterocycles. The highest BCUT2D eigenvalue weighted by Crippen LogP contribution is 2.26. The van der Waals surface area contributed by atoms with Gasteiger partial charge in [-0.1, -0.05) is 30.3 Å². The van der Waals surface area contributed by atoms with Gasteiger partial charge in [-0.2, -0.15) is 0 Å². The van der Waals surface area contributed by atoms with Gasteiger partial charge >= 0.3 is 0 Å². The molecule has 0 aliphatic carbocycles. The van der Waals surface area contributed by atoms with Crippen molar-refractivity contribution in [2.24, 2.45) is 0 Å². The Bertz CT molecular complexity index is 438. The van der Waals surface area contributed by atoms with Crippen LogP contribution in [-0.2, 0) is 6.42 Å². The minimum atomic E-state index is 0.395. The van der Waals surface area contributed by atoms with E-state index in [0.29, 0.717) is 6.04 Å². The summed E-state index contributed by atoms with van der Waals surface area (Å²) in [5.41, 5.74) is 1.34. The minimum Gasteiger partial charge on any atom is -0.313 e. The Morgan fingerprint density at radius 1 is 1.19 bits per heavy atom. The average molecular weight is 296 g/mol. The molecule has 1 atom stereocenters. The van der Waals surface area contributed by atoms with Crippen molar-refractivity contribution >= 4 is 27.3 Å². The molecule has 16 heavy (non-hydrogen) atoms. The van der Waals surface area contributed by atoms with Gasteiger partial charge in [-0.15, -0.1) is 11.3 Å². The second-order valence-electron chi connectivity index (χ2n) is 3.66. The zero-order valence-electron chi connectivity index (χ0n) is 9.11. The molecule has 0 radical (unpaired) electrons. The van der Waals surface area contributed by atoms with Gasteiger partial charge in [-0.3, -0.25) is 0 Å². The van der Waals surface area contributed by atoms with Gasteiger partial charge in [0.1, 0.15) is 0 Å². The summed E-state index contributed by atoms with van der Waals surface area (Å²) < 4.78 is 1.20.